The molecule has 2 rings (SSSR count). The molecule has 0 aromatic rings. The van der Waals surface area contributed by atoms with Gasteiger partial charge in [-0.25, -0.2) is 8.42 Å². The highest BCUT2D eigenvalue weighted by molar-refractivity contribution is 7.91. The number of hydrogen-bond donors (Lipinski definition) is 0. The van der Waals surface area contributed by atoms with Crippen molar-refractivity contribution in [3.63, 3.8) is 0 Å². The molecule has 0 radical (unpaired) electrons. The highest BCUT2D eigenvalue weighted by atomic mass is 32.2. The Balaban J connectivity index is 0.000000217. The quantitative estimate of drug-likeness (QED) is 0.800. The molecule has 0 aromatic carbocycles. The summed E-state index contributed by atoms with van der Waals surface area (Å²) < 4.78 is 26.6. The van der Waals surface area contributed by atoms with Crippen LogP contribution in [0.15, 0.2) is 24.3 Å². The molecule has 100 valence electrons. The van der Waals surface area contributed by atoms with Crippen molar-refractivity contribution in [2.24, 2.45) is 0 Å². The summed E-state index contributed by atoms with van der Waals surface area (Å²) in [4.78, 5) is 10.5. The van der Waals surface area contributed by atoms with Crippen LogP contribution < -0.4 is 0 Å². The van der Waals surface area contributed by atoms with E-state index in [0.29, 0.717) is 12.8 Å². The Morgan fingerprint density at radius 1 is 1.22 bits per heavy atom. The Hall–Kier alpha value is -1.36. The van der Waals surface area contributed by atoms with Gasteiger partial charge in [0.25, 0.3) is 0 Å². The lowest BCUT2D eigenvalue weighted by Gasteiger charge is -2.13. The van der Waals surface area contributed by atoms with Gasteiger partial charge in [-0.1, -0.05) is 37.6 Å². The summed E-state index contributed by atoms with van der Waals surface area (Å²) in [6, 6.07) is 8.48. The molecule has 0 saturated carbocycles. The summed E-state index contributed by atoms with van der Waals surface area (Å²) in [7, 11) is -3.27. The third-order valence-corrected chi connectivity index (χ3v) is 3.80. The lowest BCUT2D eigenvalue weighted by molar-refractivity contribution is -0.142. The molecule has 0 N–H and O–H groups in total. The molecule has 0 aromatic heterocycles. The monoisotopic (exact) mass is 270 g/mol. The van der Waals surface area contributed by atoms with Crippen molar-refractivity contribution >= 4 is 15.8 Å². The fourth-order valence-electron chi connectivity index (χ4n) is 1.44. The minimum absolute atomic E-state index is 0.360. The van der Waals surface area contributed by atoms with Gasteiger partial charge in [0, 0.05) is 13.2 Å². The van der Waals surface area contributed by atoms with Gasteiger partial charge < -0.3 is 4.74 Å². The van der Waals surface area contributed by atoms with Gasteiger partial charge in [-0.3, -0.25) is 4.79 Å². The molecule has 1 atom stereocenters. The van der Waals surface area contributed by atoms with Crippen molar-refractivity contribution in [1.82, 2.24) is 0 Å². The third-order valence-electron chi connectivity index (χ3n) is 2.52. The van der Waals surface area contributed by atoms with E-state index >= 15 is 0 Å². The molecular formula is C13H18O4S. The van der Waals surface area contributed by atoms with Crippen LogP contribution in [0.5, 0.6) is 0 Å². The molecule has 2 aliphatic carbocycles. The Bertz CT molecular complexity index is 481. The third kappa shape index (κ3) is 4.14. The van der Waals surface area contributed by atoms with E-state index in [4.69, 9.17) is 0 Å². The van der Waals surface area contributed by atoms with Crippen molar-refractivity contribution in [2.75, 3.05) is 6.26 Å². The predicted octanol–water partition coefficient (Wildman–Crippen LogP) is 2.39. The zero-order valence-electron chi connectivity index (χ0n) is 10.8. The predicted molar refractivity (Wildman–Crippen MR) is 70.7 cm³/mol. The second kappa shape index (κ2) is 6.00. The van der Waals surface area contributed by atoms with Gasteiger partial charge in [0.1, 0.15) is 0 Å². The smallest absolute Gasteiger partial charge is 0.303 e. The molecule has 1 unspecified atom stereocenters. The number of fused-ring (bicyclic) bond motifs is 1. The Morgan fingerprint density at radius 3 is 1.83 bits per heavy atom. The van der Waals surface area contributed by atoms with Crippen molar-refractivity contribution in [3.8, 4) is 11.1 Å². The summed E-state index contributed by atoms with van der Waals surface area (Å²) in [6.45, 7) is 3.04. The normalized spacial score (nSPS) is 13.1. The maximum atomic E-state index is 11.0. The van der Waals surface area contributed by atoms with E-state index in [-0.39, 0.29) is 0 Å². The number of hydrogen-bond acceptors (Lipinski definition) is 4. The van der Waals surface area contributed by atoms with Gasteiger partial charge in [-0.05, 0) is 17.5 Å². The van der Waals surface area contributed by atoms with Gasteiger partial charge in [0.05, 0.1) is 0 Å². The lowest BCUT2D eigenvalue weighted by atomic mass is 9.95. The molecule has 2 aliphatic rings. The highest BCUT2D eigenvalue weighted by Crippen LogP contribution is 2.29. The molecule has 0 heterocycles. The Morgan fingerprint density at radius 2 is 1.67 bits per heavy atom. The van der Waals surface area contributed by atoms with E-state index < -0.39 is 21.2 Å². The number of ether oxygens (including phenoxy) is 1. The van der Waals surface area contributed by atoms with Crippen molar-refractivity contribution in [2.45, 2.75) is 32.1 Å². The zero-order chi connectivity index (χ0) is 13.8. The first kappa shape index (κ1) is 14.7. The summed E-state index contributed by atoms with van der Waals surface area (Å²) in [5, 5.41) is 0. The zero-order valence-corrected chi connectivity index (χ0v) is 11.7. The van der Waals surface area contributed by atoms with Crippen LogP contribution in [0.1, 0.15) is 26.7 Å². The van der Waals surface area contributed by atoms with Crippen LogP contribution in [0.3, 0.4) is 0 Å². The van der Waals surface area contributed by atoms with Crippen molar-refractivity contribution < 1.29 is 17.9 Å². The lowest BCUT2D eigenvalue weighted by Crippen LogP contribution is -2.25. The van der Waals surface area contributed by atoms with Crippen molar-refractivity contribution in [3.05, 3.63) is 24.3 Å². The molecule has 0 amide bonds. The van der Waals surface area contributed by atoms with Crippen LogP contribution in [-0.2, 0) is 19.4 Å². The average Bonchev–Trinajstić information content (AvgIpc) is 2.22. The average molecular weight is 270 g/mol. The fourth-order valence-corrected chi connectivity index (χ4v) is 2.42. The Labute approximate surface area is 108 Å². The van der Waals surface area contributed by atoms with Crippen LogP contribution in [0.2, 0.25) is 0 Å². The molecular weight excluding hydrogens is 252 g/mol. The standard InChI is InChI=1S/C7H14O4S.C6H4/c1-4-5-7(11-6(2)8)12(3,9)10;1-2-6-4-3-5(1)6/h7H,4-5H2,1-3H3;1-4H. The van der Waals surface area contributed by atoms with Gasteiger partial charge in [0.2, 0.25) is 5.44 Å². The largest absolute Gasteiger partial charge is 0.446 e. The summed E-state index contributed by atoms with van der Waals surface area (Å²) >= 11 is 0. The Kier molecular flexibility index (Phi) is 4.90. The van der Waals surface area contributed by atoms with Crippen LogP contribution in [0, 0.1) is 0 Å². The van der Waals surface area contributed by atoms with Gasteiger partial charge >= 0.3 is 5.97 Å². The molecule has 18 heavy (non-hydrogen) atoms. The highest BCUT2D eigenvalue weighted by Gasteiger charge is 2.22. The van der Waals surface area contributed by atoms with E-state index in [1.54, 1.807) is 0 Å². The molecule has 0 saturated heterocycles. The van der Waals surface area contributed by atoms with E-state index in [1.165, 1.54) is 18.1 Å². The van der Waals surface area contributed by atoms with Crippen LogP contribution in [0.4, 0.5) is 0 Å². The fraction of sp³-hybridized carbons (Fsp3) is 0.462. The first-order valence-electron chi connectivity index (χ1n) is 5.81. The van der Waals surface area contributed by atoms with Gasteiger partial charge in [0.15, 0.2) is 9.84 Å². The SMILES string of the molecule is CCCC(OC(C)=O)S(C)(=O)=O.c1cc2ccc1-2. The molecule has 0 fully saturated rings. The van der Waals surface area contributed by atoms with Crippen LogP contribution in [-0.4, -0.2) is 26.1 Å². The molecule has 0 aliphatic heterocycles. The van der Waals surface area contributed by atoms with Crippen molar-refractivity contribution in [1.29, 1.82) is 0 Å². The molecule has 0 bridgehead atoms. The maximum absolute atomic E-state index is 11.0. The number of rotatable bonds is 4. The van der Waals surface area contributed by atoms with E-state index in [2.05, 4.69) is 29.0 Å². The summed E-state index contributed by atoms with van der Waals surface area (Å²) in [5.41, 5.74) is 1.88. The van der Waals surface area contributed by atoms with Gasteiger partial charge in [-0.15, -0.1) is 0 Å². The van der Waals surface area contributed by atoms with Gasteiger partial charge in [-0.2, -0.15) is 0 Å². The van der Waals surface area contributed by atoms with E-state index in [1.807, 2.05) is 6.92 Å². The second-order valence-corrected chi connectivity index (χ2v) is 6.42. The first-order valence-corrected chi connectivity index (χ1v) is 7.76. The molecule has 5 heteroatoms. The number of carbonyl (C=O) groups is 1. The number of esters is 1. The minimum atomic E-state index is -3.27. The van der Waals surface area contributed by atoms with E-state index in [9.17, 15) is 13.2 Å². The van der Waals surface area contributed by atoms with E-state index in [0.717, 1.165) is 6.26 Å². The number of benzene rings is 1. The summed E-state index contributed by atoms with van der Waals surface area (Å²) in [6.07, 6.45) is 2.10. The summed E-state index contributed by atoms with van der Waals surface area (Å²) in [5.74, 6) is -0.557. The topological polar surface area (TPSA) is 60.4 Å². The van der Waals surface area contributed by atoms with Crippen LogP contribution in [0.25, 0.3) is 11.1 Å². The maximum Gasteiger partial charge on any atom is 0.303 e. The number of sulfone groups is 1. The molecule has 0 spiro atoms. The van der Waals surface area contributed by atoms with Crippen LogP contribution >= 0.6 is 0 Å². The second-order valence-electron chi connectivity index (χ2n) is 4.23. The molecule has 4 nitrogen and oxygen atoms in total. The first-order chi connectivity index (χ1) is 8.34. The minimum Gasteiger partial charge on any atom is -0.446 e. The number of carbonyl (C=O) groups excluding carboxylic acids is 1.